The summed E-state index contributed by atoms with van der Waals surface area (Å²) in [6.07, 6.45) is 5.18. The average Bonchev–Trinajstić information content (AvgIpc) is 2.91. The van der Waals surface area contributed by atoms with Crippen molar-refractivity contribution in [1.29, 1.82) is 0 Å². The van der Waals surface area contributed by atoms with Gasteiger partial charge in [-0.3, -0.25) is 4.98 Å². The van der Waals surface area contributed by atoms with E-state index < -0.39 is 0 Å². The van der Waals surface area contributed by atoms with Gasteiger partial charge in [-0.1, -0.05) is 32.3 Å². The second kappa shape index (κ2) is 5.61. The van der Waals surface area contributed by atoms with Gasteiger partial charge in [-0.15, -0.1) is 0 Å². The van der Waals surface area contributed by atoms with Gasteiger partial charge in [0.25, 0.3) is 0 Å². The highest BCUT2D eigenvalue weighted by Gasteiger charge is 2.00. The highest BCUT2D eigenvalue weighted by molar-refractivity contribution is 7.69. The lowest BCUT2D eigenvalue weighted by Gasteiger charge is -1.92. The molecular weight excluding hydrogens is 298 g/mol. The Morgan fingerprint density at radius 3 is 2.63 bits per heavy atom. The lowest BCUT2D eigenvalue weighted by molar-refractivity contribution is 1.24. The van der Waals surface area contributed by atoms with E-state index in [4.69, 9.17) is 11.6 Å². The number of hydrogen-bond acceptors (Lipinski definition) is 5. The minimum atomic E-state index is 0.616. The maximum Gasteiger partial charge on any atom is 0.153 e. The molecule has 0 amide bonds. The molecule has 0 unspecified atom stereocenters. The molecular formula is C13H8ClN3S2. The molecule has 3 aromatic rings. The largest absolute Gasteiger partial charge is 0.265 e. The first-order valence-electron chi connectivity index (χ1n) is 5.48. The Morgan fingerprint density at radius 2 is 1.89 bits per heavy atom. The topological polar surface area (TPSA) is 38.1 Å². The van der Waals surface area contributed by atoms with Crippen molar-refractivity contribution >= 4 is 38.1 Å². The van der Waals surface area contributed by atoms with Crippen molar-refractivity contribution in [3.63, 3.8) is 0 Å². The molecule has 19 heavy (non-hydrogen) atoms. The van der Waals surface area contributed by atoms with Crippen LogP contribution in [0.2, 0.25) is 5.02 Å². The standard InChI is InChI=1S/C13H8ClN3S2/c14-10-1-2-12(16-8-10)17-13-7-11(18-19-13)9-3-5-15-6-4-9/h1-8H. The molecule has 0 radical (unpaired) electrons. The molecule has 3 heterocycles. The minimum absolute atomic E-state index is 0.616. The van der Waals surface area contributed by atoms with Gasteiger partial charge in [-0.2, -0.15) is 0 Å². The van der Waals surface area contributed by atoms with Crippen molar-refractivity contribution < 1.29 is 0 Å². The van der Waals surface area contributed by atoms with Crippen LogP contribution < -0.4 is 4.67 Å². The predicted octanol–water partition coefficient (Wildman–Crippen LogP) is 4.15. The predicted molar refractivity (Wildman–Crippen MR) is 79.9 cm³/mol. The van der Waals surface area contributed by atoms with Crippen molar-refractivity contribution in [3.05, 3.63) is 58.6 Å². The summed E-state index contributed by atoms with van der Waals surface area (Å²) in [5, 5.41) is 0.616. The average molecular weight is 306 g/mol. The quantitative estimate of drug-likeness (QED) is 0.667. The molecule has 0 saturated carbocycles. The van der Waals surface area contributed by atoms with E-state index >= 15 is 0 Å². The SMILES string of the molecule is Clc1ccc(N=c2cc(-c3ccncc3)ss2)nc1. The van der Waals surface area contributed by atoms with Gasteiger partial charge in [-0.05, 0) is 35.9 Å². The molecule has 0 aromatic carbocycles. The Balaban J connectivity index is 1.95. The summed E-state index contributed by atoms with van der Waals surface area (Å²) in [5.41, 5.74) is 1.15. The van der Waals surface area contributed by atoms with Crippen LogP contribution in [0.25, 0.3) is 10.4 Å². The first-order chi connectivity index (χ1) is 9.31. The Labute approximate surface area is 122 Å². The van der Waals surface area contributed by atoms with E-state index in [2.05, 4.69) is 21.0 Å². The monoisotopic (exact) mass is 305 g/mol. The number of rotatable bonds is 2. The van der Waals surface area contributed by atoms with Crippen molar-refractivity contribution in [2.24, 2.45) is 4.99 Å². The van der Waals surface area contributed by atoms with Crippen LogP contribution in [0.15, 0.2) is 53.9 Å². The lowest BCUT2D eigenvalue weighted by Crippen LogP contribution is -1.89. The molecule has 3 rings (SSSR count). The van der Waals surface area contributed by atoms with Crippen LogP contribution >= 0.6 is 32.3 Å². The summed E-state index contributed by atoms with van der Waals surface area (Å²) in [7, 11) is 3.32. The number of aromatic nitrogens is 2. The third-order valence-corrected chi connectivity index (χ3v) is 4.89. The third kappa shape index (κ3) is 3.07. The van der Waals surface area contributed by atoms with Crippen molar-refractivity contribution in [2.75, 3.05) is 0 Å². The van der Waals surface area contributed by atoms with Gasteiger partial charge in [-0.25, -0.2) is 9.98 Å². The van der Waals surface area contributed by atoms with Crippen LogP contribution in [0.3, 0.4) is 0 Å². The van der Waals surface area contributed by atoms with Crippen LogP contribution in [0, 0.1) is 0 Å². The van der Waals surface area contributed by atoms with E-state index in [9.17, 15) is 0 Å². The molecule has 0 spiro atoms. The maximum atomic E-state index is 5.79. The van der Waals surface area contributed by atoms with Gasteiger partial charge in [0.05, 0.1) is 5.02 Å². The van der Waals surface area contributed by atoms with Crippen LogP contribution in [-0.4, -0.2) is 9.97 Å². The molecule has 3 nitrogen and oxygen atoms in total. The highest BCUT2D eigenvalue weighted by Crippen LogP contribution is 2.24. The molecule has 6 heteroatoms. The molecule has 0 aliphatic carbocycles. The second-order valence-corrected chi connectivity index (χ2v) is 6.32. The van der Waals surface area contributed by atoms with Gasteiger partial charge in [0.15, 0.2) is 5.82 Å². The Morgan fingerprint density at radius 1 is 1.05 bits per heavy atom. The van der Waals surface area contributed by atoms with Crippen molar-refractivity contribution in [1.82, 2.24) is 9.97 Å². The van der Waals surface area contributed by atoms with Gasteiger partial charge in [0.2, 0.25) is 0 Å². The molecule has 3 aromatic heterocycles. The summed E-state index contributed by atoms with van der Waals surface area (Å²) in [6.45, 7) is 0. The zero-order valence-corrected chi connectivity index (χ0v) is 12.0. The Bertz CT molecular complexity index is 732. The van der Waals surface area contributed by atoms with Gasteiger partial charge >= 0.3 is 0 Å². The molecule has 0 atom stereocenters. The molecule has 0 N–H and O–H groups in total. The van der Waals surface area contributed by atoms with Crippen LogP contribution in [0.4, 0.5) is 5.82 Å². The Hall–Kier alpha value is -1.56. The zero-order valence-electron chi connectivity index (χ0n) is 9.65. The van der Waals surface area contributed by atoms with Crippen molar-refractivity contribution in [3.8, 4) is 10.4 Å². The molecule has 0 aliphatic rings. The highest BCUT2D eigenvalue weighted by atomic mass is 35.5. The van der Waals surface area contributed by atoms with E-state index in [1.165, 1.54) is 4.88 Å². The fourth-order valence-electron chi connectivity index (χ4n) is 1.49. The van der Waals surface area contributed by atoms with E-state index in [1.807, 2.05) is 12.1 Å². The van der Waals surface area contributed by atoms with Gasteiger partial charge in [0, 0.05) is 23.5 Å². The Kier molecular flexibility index (Phi) is 3.68. The summed E-state index contributed by atoms with van der Waals surface area (Å²) in [5.74, 6) is 0.666. The summed E-state index contributed by atoms with van der Waals surface area (Å²) in [4.78, 5) is 13.8. The van der Waals surface area contributed by atoms with Gasteiger partial charge in [0.1, 0.15) is 4.67 Å². The first kappa shape index (κ1) is 12.5. The smallest absolute Gasteiger partial charge is 0.153 e. The third-order valence-electron chi connectivity index (χ3n) is 2.37. The fraction of sp³-hybridized carbons (Fsp3) is 0. The number of hydrogen-bond donors (Lipinski definition) is 0. The van der Waals surface area contributed by atoms with Crippen molar-refractivity contribution in [2.45, 2.75) is 0 Å². The van der Waals surface area contributed by atoms with E-state index in [1.54, 1.807) is 51.4 Å². The number of nitrogens with zero attached hydrogens (tertiary/aromatic N) is 3. The van der Waals surface area contributed by atoms with E-state index in [0.29, 0.717) is 10.8 Å². The molecule has 0 aliphatic heterocycles. The van der Waals surface area contributed by atoms with E-state index in [-0.39, 0.29) is 0 Å². The molecule has 0 saturated heterocycles. The summed E-state index contributed by atoms with van der Waals surface area (Å²) >= 11 is 5.79. The van der Waals surface area contributed by atoms with E-state index in [0.717, 1.165) is 10.2 Å². The summed E-state index contributed by atoms with van der Waals surface area (Å²) in [6, 6.07) is 9.62. The normalized spacial score (nSPS) is 11.7. The molecule has 94 valence electrons. The van der Waals surface area contributed by atoms with Crippen LogP contribution in [-0.2, 0) is 0 Å². The number of pyridine rings is 2. The fourth-order valence-corrected chi connectivity index (χ4v) is 3.76. The first-order valence-corrected chi connectivity index (χ1v) is 8.01. The maximum absolute atomic E-state index is 5.79. The van der Waals surface area contributed by atoms with Crippen LogP contribution in [0.1, 0.15) is 0 Å². The second-order valence-electron chi connectivity index (χ2n) is 3.70. The van der Waals surface area contributed by atoms with Crippen LogP contribution in [0.5, 0.6) is 0 Å². The lowest BCUT2D eigenvalue weighted by atomic mass is 10.2. The molecule has 0 fully saturated rings. The zero-order chi connectivity index (χ0) is 13.1. The summed E-state index contributed by atoms with van der Waals surface area (Å²) < 4.78 is 0.937. The minimum Gasteiger partial charge on any atom is -0.265 e. The number of halogens is 1. The molecule has 0 bridgehead atoms. The van der Waals surface area contributed by atoms with Gasteiger partial charge < -0.3 is 0 Å².